The molecule has 0 spiro atoms. The summed E-state index contributed by atoms with van der Waals surface area (Å²) in [6.07, 6.45) is 9.56. The normalized spacial score (nSPS) is 25.8. The van der Waals surface area contributed by atoms with Crippen LogP contribution >= 0.6 is 0 Å². The lowest BCUT2D eigenvalue weighted by molar-refractivity contribution is 0.233. The first-order valence-corrected chi connectivity index (χ1v) is 4.29. The third-order valence-corrected chi connectivity index (χ3v) is 2.06. The van der Waals surface area contributed by atoms with Gasteiger partial charge in [0.25, 0.3) is 0 Å². The fourth-order valence-electron chi connectivity index (χ4n) is 1.20. The second kappa shape index (κ2) is 4.22. The highest BCUT2D eigenvalue weighted by molar-refractivity contribution is 4.99. The molecular formula is C10H16O. The van der Waals surface area contributed by atoms with E-state index in [9.17, 15) is 0 Å². The zero-order valence-corrected chi connectivity index (χ0v) is 7.29. The van der Waals surface area contributed by atoms with E-state index in [1.165, 1.54) is 0 Å². The van der Waals surface area contributed by atoms with Crippen molar-refractivity contribution in [3.8, 4) is 0 Å². The summed E-state index contributed by atoms with van der Waals surface area (Å²) in [6.45, 7) is 5.25. The molecule has 62 valence electrons. The Bertz CT molecular complexity index is 158. The van der Waals surface area contributed by atoms with Gasteiger partial charge in [-0.3, -0.25) is 0 Å². The summed E-state index contributed by atoms with van der Waals surface area (Å²) < 4.78 is 5.14. The van der Waals surface area contributed by atoms with E-state index in [0.29, 0.717) is 11.8 Å². The molecule has 1 heteroatoms. The largest absolute Gasteiger partial charge is 0.501 e. The molecule has 1 aliphatic rings. The lowest BCUT2D eigenvalue weighted by Gasteiger charge is -2.10. The first kappa shape index (κ1) is 8.38. The topological polar surface area (TPSA) is 9.23 Å². The van der Waals surface area contributed by atoms with Gasteiger partial charge in [0.1, 0.15) is 0 Å². The molecule has 1 aliphatic heterocycles. The fourth-order valence-corrected chi connectivity index (χ4v) is 1.20. The van der Waals surface area contributed by atoms with Gasteiger partial charge in [0.15, 0.2) is 0 Å². The summed E-state index contributed by atoms with van der Waals surface area (Å²) in [5, 5.41) is 0. The van der Waals surface area contributed by atoms with Gasteiger partial charge in [0.05, 0.1) is 12.9 Å². The number of ether oxygens (including phenoxy) is 1. The molecule has 2 atom stereocenters. The van der Waals surface area contributed by atoms with E-state index in [1.54, 1.807) is 6.26 Å². The minimum Gasteiger partial charge on any atom is -0.501 e. The molecule has 0 saturated carbocycles. The molecule has 0 radical (unpaired) electrons. The van der Waals surface area contributed by atoms with Crippen LogP contribution in [0.4, 0.5) is 0 Å². The van der Waals surface area contributed by atoms with Crippen LogP contribution in [0.2, 0.25) is 0 Å². The maximum atomic E-state index is 5.14. The molecule has 0 fully saturated rings. The highest BCUT2D eigenvalue weighted by Crippen LogP contribution is 2.19. The quantitative estimate of drug-likeness (QED) is 0.565. The van der Waals surface area contributed by atoms with Crippen LogP contribution < -0.4 is 0 Å². The minimum atomic E-state index is 0.595. The highest BCUT2D eigenvalue weighted by atomic mass is 16.5. The molecule has 11 heavy (non-hydrogen) atoms. The average molecular weight is 152 g/mol. The van der Waals surface area contributed by atoms with E-state index in [1.807, 2.05) is 0 Å². The van der Waals surface area contributed by atoms with Crippen LogP contribution in [0.15, 0.2) is 24.5 Å². The Kier molecular flexibility index (Phi) is 3.21. The van der Waals surface area contributed by atoms with Crippen LogP contribution in [0.1, 0.15) is 20.3 Å². The van der Waals surface area contributed by atoms with Gasteiger partial charge in [-0.25, -0.2) is 0 Å². The van der Waals surface area contributed by atoms with E-state index in [2.05, 4.69) is 32.1 Å². The van der Waals surface area contributed by atoms with Crippen molar-refractivity contribution in [1.82, 2.24) is 0 Å². The van der Waals surface area contributed by atoms with Crippen LogP contribution in [0.5, 0.6) is 0 Å². The Labute approximate surface area is 68.8 Å². The van der Waals surface area contributed by atoms with Crippen molar-refractivity contribution >= 4 is 0 Å². The molecule has 1 rings (SSSR count). The molecule has 0 aromatic carbocycles. The SMILES string of the molecule is CC/C=C\C(C)C1C=COC1. The first-order valence-electron chi connectivity index (χ1n) is 4.29. The molecule has 0 aromatic rings. The van der Waals surface area contributed by atoms with Crippen molar-refractivity contribution in [2.75, 3.05) is 6.61 Å². The van der Waals surface area contributed by atoms with Crippen molar-refractivity contribution in [3.05, 3.63) is 24.5 Å². The standard InChI is InChI=1S/C10H16O/c1-3-4-5-9(2)10-6-7-11-8-10/h4-7,9-10H,3,8H2,1-2H3/b5-4-. The average Bonchev–Trinajstić information content (AvgIpc) is 2.52. The van der Waals surface area contributed by atoms with Crippen LogP contribution in [0, 0.1) is 11.8 Å². The summed E-state index contributed by atoms with van der Waals surface area (Å²) in [4.78, 5) is 0. The summed E-state index contributed by atoms with van der Waals surface area (Å²) in [7, 11) is 0. The van der Waals surface area contributed by atoms with Crippen molar-refractivity contribution in [2.24, 2.45) is 11.8 Å². The van der Waals surface area contributed by atoms with E-state index >= 15 is 0 Å². The van der Waals surface area contributed by atoms with E-state index in [-0.39, 0.29) is 0 Å². The minimum absolute atomic E-state index is 0.595. The van der Waals surface area contributed by atoms with Gasteiger partial charge >= 0.3 is 0 Å². The Morgan fingerprint density at radius 1 is 1.73 bits per heavy atom. The first-order chi connectivity index (χ1) is 5.34. The van der Waals surface area contributed by atoms with Crippen molar-refractivity contribution in [1.29, 1.82) is 0 Å². The lowest BCUT2D eigenvalue weighted by Crippen LogP contribution is -2.08. The second-order valence-electron chi connectivity index (χ2n) is 3.02. The van der Waals surface area contributed by atoms with Crippen molar-refractivity contribution in [2.45, 2.75) is 20.3 Å². The Morgan fingerprint density at radius 3 is 3.09 bits per heavy atom. The van der Waals surface area contributed by atoms with Gasteiger partial charge in [-0.2, -0.15) is 0 Å². The maximum Gasteiger partial charge on any atom is 0.0942 e. The second-order valence-corrected chi connectivity index (χ2v) is 3.02. The Hall–Kier alpha value is -0.720. The third-order valence-electron chi connectivity index (χ3n) is 2.06. The van der Waals surface area contributed by atoms with Gasteiger partial charge in [-0.15, -0.1) is 0 Å². The van der Waals surface area contributed by atoms with Crippen molar-refractivity contribution < 1.29 is 4.74 Å². The fraction of sp³-hybridized carbons (Fsp3) is 0.600. The van der Waals surface area contributed by atoms with Gasteiger partial charge in [-0.05, 0) is 18.4 Å². The monoisotopic (exact) mass is 152 g/mol. The number of allylic oxidation sites excluding steroid dienone is 2. The van der Waals surface area contributed by atoms with E-state index in [0.717, 1.165) is 13.0 Å². The number of hydrogen-bond donors (Lipinski definition) is 0. The van der Waals surface area contributed by atoms with Crippen molar-refractivity contribution in [3.63, 3.8) is 0 Å². The molecule has 0 bridgehead atoms. The molecule has 0 aliphatic carbocycles. The molecule has 2 unspecified atom stereocenters. The third kappa shape index (κ3) is 2.41. The maximum absolute atomic E-state index is 5.14. The predicted molar refractivity (Wildman–Crippen MR) is 47.2 cm³/mol. The molecule has 0 N–H and O–H groups in total. The Balaban J connectivity index is 2.34. The summed E-state index contributed by atoms with van der Waals surface area (Å²) in [6, 6.07) is 0. The summed E-state index contributed by atoms with van der Waals surface area (Å²) >= 11 is 0. The zero-order valence-electron chi connectivity index (χ0n) is 7.29. The highest BCUT2D eigenvalue weighted by Gasteiger charge is 2.15. The van der Waals surface area contributed by atoms with Crippen LogP contribution in [-0.4, -0.2) is 6.61 Å². The molecule has 0 amide bonds. The molecule has 0 aromatic heterocycles. The Morgan fingerprint density at radius 2 is 2.55 bits per heavy atom. The molecule has 1 nitrogen and oxygen atoms in total. The van der Waals surface area contributed by atoms with Gasteiger partial charge in [0.2, 0.25) is 0 Å². The summed E-state index contributed by atoms with van der Waals surface area (Å²) in [5.74, 6) is 1.21. The lowest BCUT2D eigenvalue weighted by atomic mass is 9.95. The predicted octanol–water partition coefficient (Wildman–Crippen LogP) is 2.75. The van der Waals surface area contributed by atoms with Gasteiger partial charge in [-0.1, -0.05) is 26.0 Å². The van der Waals surface area contributed by atoms with Gasteiger partial charge < -0.3 is 4.74 Å². The van der Waals surface area contributed by atoms with E-state index < -0.39 is 0 Å². The smallest absolute Gasteiger partial charge is 0.0942 e. The zero-order chi connectivity index (χ0) is 8.10. The molecular weight excluding hydrogens is 136 g/mol. The van der Waals surface area contributed by atoms with Crippen LogP contribution in [0.25, 0.3) is 0 Å². The van der Waals surface area contributed by atoms with Crippen LogP contribution in [-0.2, 0) is 4.74 Å². The van der Waals surface area contributed by atoms with Gasteiger partial charge in [0, 0.05) is 5.92 Å². The molecule has 1 heterocycles. The van der Waals surface area contributed by atoms with E-state index in [4.69, 9.17) is 4.74 Å². The summed E-state index contributed by atoms with van der Waals surface area (Å²) in [5.41, 5.74) is 0. The number of hydrogen-bond acceptors (Lipinski definition) is 1. The van der Waals surface area contributed by atoms with Crippen LogP contribution in [0.3, 0.4) is 0 Å². The number of rotatable bonds is 3. The molecule has 0 saturated heterocycles.